The highest BCUT2D eigenvalue weighted by molar-refractivity contribution is 5.93. The molecular weight excluding hydrogens is 434 g/mol. The van der Waals surface area contributed by atoms with Crippen molar-refractivity contribution >= 4 is 34.7 Å². The van der Waals surface area contributed by atoms with Crippen LogP contribution in [0.2, 0.25) is 0 Å². The molecule has 1 aromatic heterocycles. The molecule has 2 aromatic carbocycles. The van der Waals surface area contributed by atoms with E-state index in [1.54, 1.807) is 38.5 Å². The molecule has 1 saturated heterocycles. The summed E-state index contributed by atoms with van der Waals surface area (Å²) in [7, 11) is 3.15. The maximum absolute atomic E-state index is 12.7. The van der Waals surface area contributed by atoms with Crippen LogP contribution < -0.4 is 24.8 Å². The van der Waals surface area contributed by atoms with Crippen molar-refractivity contribution < 1.29 is 19.0 Å². The summed E-state index contributed by atoms with van der Waals surface area (Å²) in [5, 5.41) is 0.702. The van der Waals surface area contributed by atoms with Gasteiger partial charge >= 0.3 is 0 Å². The molecule has 178 valence electrons. The Morgan fingerprint density at radius 3 is 2.44 bits per heavy atom. The molecule has 3 aromatic rings. The number of benzene rings is 2. The summed E-state index contributed by atoms with van der Waals surface area (Å²) < 4.78 is 16.4. The fourth-order valence-electron chi connectivity index (χ4n) is 3.91. The molecule has 0 radical (unpaired) electrons. The Hall–Kier alpha value is -4.01. The highest BCUT2D eigenvalue weighted by Crippen LogP contribution is 2.34. The van der Waals surface area contributed by atoms with E-state index in [0.717, 1.165) is 11.3 Å². The highest BCUT2D eigenvalue weighted by atomic mass is 16.5. The molecule has 0 saturated carbocycles. The number of hydrogen-bond acceptors (Lipinski definition) is 8. The molecule has 34 heavy (non-hydrogen) atoms. The van der Waals surface area contributed by atoms with Gasteiger partial charge in [0.1, 0.15) is 11.6 Å². The standard InChI is InChI=1S/C25H29N5O4/c1-4-34-20-8-6-5-7-17(20)9-10-23(31)29-11-13-30(14-12-29)25-27-19-16-22(33-3)21(32-2)15-18(19)24(26)28-25/h5-10,15-16H,4,11-14H2,1-3H3,(H2,26,27,28)/b10-9+. The van der Waals surface area contributed by atoms with Crippen LogP contribution in [0.15, 0.2) is 42.5 Å². The van der Waals surface area contributed by atoms with Gasteiger partial charge in [-0.1, -0.05) is 18.2 Å². The second-order valence-corrected chi connectivity index (χ2v) is 7.75. The van der Waals surface area contributed by atoms with E-state index >= 15 is 0 Å². The normalized spacial score (nSPS) is 14.0. The van der Waals surface area contributed by atoms with Crippen LogP contribution in [-0.2, 0) is 4.79 Å². The monoisotopic (exact) mass is 463 g/mol. The summed E-state index contributed by atoms with van der Waals surface area (Å²) >= 11 is 0. The van der Waals surface area contributed by atoms with Gasteiger partial charge in [-0.2, -0.15) is 4.98 Å². The van der Waals surface area contributed by atoms with Gasteiger partial charge in [-0.15, -0.1) is 0 Å². The molecule has 1 aliphatic heterocycles. The topological polar surface area (TPSA) is 103 Å². The van der Waals surface area contributed by atoms with Gasteiger partial charge in [-0.05, 0) is 25.1 Å². The van der Waals surface area contributed by atoms with Crippen molar-refractivity contribution in [1.82, 2.24) is 14.9 Å². The fraction of sp³-hybridized carbons (Fsp3) is 0.320. The Morgan fingerprint density at radius 2 is 1.74 bits per heavy atom. The zero-order chi connectivity index (χ0) is 24.1. The van der Waals surface area contributed by atoms with Gasteiger partial charge in [-0.3, -0.25) is 4.79 Å². The number of hydrogen-bond donors (Lipinski definition) is 1. The third-order valence-electron chi connectivity index (χ3n) is 5.72. The van der Waals surface area contributed by atoms with E-state index in [1.165, 1.54) is 0 Å². The number of carbonyl (C=O) groups excluding carboxylic acids is 1. The molecule has 1 aliphatic rings. The van der Waals surface area contributed by atoms with Gasteiger partial charge in [0.05, 0.1) is 26.3 Å². The number of anilines is 2. The maximum atomic E-state index is 12.7. The highest BCUT2D eigenvalue weighted by Gasteiger charge is 2.23. The Balaban J connectivity index is 1.45. The second kappa shape index (κ2) is 10.3. The van der Waals surface area contributed by atoms with Gasteiger partial charge in [0.25, 0.3) is 0 Å². The predicted molar refractivity (Wildman–Crippen MR) is 132 cm³/mol. The minimum atomic E-state index is -0.0401. The molecule has 1 fully saturated rings. The Labute approximate surface area is 198 Å². The van der Waals surface area contributed by atoms with Crippen LogP contribution in [0.25, 0.3) is 17.0 Å². The van der Waals surface area contributed by atoms with Gasteiger partial charge in [0.15, 0.2) is 11.5 Å². The average Bonchev–Trinajstić information content (AvgIpc) is 2.87. The number of rotatable bonds is 7. The number of methoxy groups -OCH3 is 2. The Kier molecular flexibility index (Phi) is 7.01. The number of piperazine rings is 1. The van der Waals surface area contributed by atoms with Gasteiger partial charge in [0.2, 0.25) is 11.9 Å². The average molecular weight is 464 g/mol. The molecule has 9 nitrogen and oxygen atoms in total. The zero-order valence-corrected chi connectivity index (χ0v) is 19.7. The third-order valence-corrected chi connectivity index (χ3v) is 5.72. The minimum Gasteiger partial charge on any atom is -0.493 e. The van der Waals surface area contributed by atoms with Crippen molar-refractivity contribution in [3.63, 3.8) is 0 Å². The molecule has 2 heterocycles. The summed E-state index contributed by atoms with van der Waals surface area (Å²) in [5.41, 5.74) is 7.78. The first-order valence-electron chi connectivity index (χ1n) is 11.2. The van der Waals surface area contributed by atoms with Crippen molar-refractivity contribution in [3.8, 4) is 17.2 Å². The molecule has 0 aliphatic carbocycles. The first kappa shape index (κ1) is 23.2. The summed E-state index contributed by atoms with van der Waals surface area (Å²) in [6, 6.07) is 11.2. The predicted octanol–water partition coefficient (Wildman–Crippen LogP) is 2.99. The van der Waals surface area contributed by atoms with Gasteiger partial charge in [0, 0.05) is 49.3 Å². The van der Waals surface area contributed by atoms with Crippen molar-refractivity contribution in [2.75, 3.05) is 57.6 Å². The second-order valence-electron chi connectivity index (χ2n) is 7.75. The van der Waals surface area contributed by atoms with Crippen molar-refractivity contribution in [2.24, 2.45) is 0 Å². The molecular formula is C25H29N5O4. The van der Waals surface area contributed by atoms with Crippen LogP contribution in [0, 0.1) is 0 Å². The van der Waals surface area contributed by atoms with E-state index in [0.29, 0.717) is 67.0 Å². The molecule has 0 unspecified atom stereocenters. The quantitative estimate of drug-likeness (QED) is 0.534. The Morgan fingerprint density at radius 1 is 1.03 bits per heavy atom. The number of nitrogens with two attached hydrogens (primary N) is 1. The molecule has 1 amide bonds. The maximum Gasteiger partial charge on any atom is 0.246 e. The molecule has 0 spiro atoms. The zero-order valence-electron chi connectivity index (χ0n) is 19.7. The third kappa shape index (κ3) is 4.83. The van der Waals surface area contributed by atoms with E-state index in [1.807, 2.05) is 41.0 Å². The summed E-state index contributed by atoms with van der Waals surface area (Å²) in [6.45, 7) is 4.83. The van der Waals surface area contributed by atoms with Crippen LogP contribution >= 0.6 is 0 Å². The van der Waals surface area contributed by atoms with Crippen LogP contribution in [0.3, 0.4) is 0 Å². The lowest BCUT2D eigenvalue weighted by molar-refractivity contribution is -0.126. The van der Waals surface area contributed by atoms with Gasteiger partial charge < -0.3 is 29.7 Å². The van der Waals surface area contributed by atoms with Crippen LogP contribution in [0.5, 0.6) is 17.2 Å². The number of nitrogens with zero attached hydrogens (tertiary/aromatic N) is 4. The van der Waals surface area contributed by atoms with Crippen molar-refractivity contribution in [2.45, 2.75) is 6.92 Å². The molecule has 9 heteroatoms. The SMILES string of the molecule is CCOc1ccccc1/C=C/C(=O)N1CCN(c2nc(N)c3cc(OC)c(OC)cc3n2)CC1. The summed E-state index contributed by atoms with van der Waals surface area (Å²) in [5.74, 6) is 2.77. The van der Waals surface area contributed by atoms with E-state index in [4.69, 9.17) is 19.9 Å². The Bertz CT molecular complexity index is 1210. The summed E-state index contributed by atoms with van der Waals surface area (Å²) in [4.78, 5) is 25.8. The van der Waals surface area contributed by atoms with E-state index in [-0.39, 0.29) is 5.91 Å². The van der Waals surface area contributed by atoms with Crippen LogP contribution in [0.1, 0.15) is 12.5 Å². The molecule has 0 atom stereocenters. The number of amides is 1. The lowest BCUT2D eigenvalue weighted by atomic mass is 10.2. The van der Waals surface area contributed by atoms with Crippen LogP contribution in [0.4, 0.5) is 11.8 Å². The number of ether oxygens (including phenoxy) is 3. The number of aromatic nitrogens is 2. The first-order valence-corrected chi connectivity index (χ1v) is 11.2. The number of nitrogen functional groups attached to an aromatic ring is 1. The minimum absolute atomic E-state index is 0.0401. The number of fused-ring (bicyclic) bond motifs is 1. The lowest BCUT2D eigenvalue weighted by Crippen LogP contribution is -2.48. The smallest absolute Gasteiger partial charge is 0.246 e. The van der Waals surface area contributed by atoms with Crippen molar-refractivity contribution in [1.29, 1.82) is 0 Å². The van der Waals surface area contributed by atoms with Gasteiger partial charge in [-0.25, -0.2) is 4.98 Å². The van der Waals surface area contributed by atoms with E-state index < -0.39 is 0 Å². The van der Waals surface area contributed by atoms with E-state index in [9.17, 15) is 4.79 Å². The van der Waals surface area contributed by atoms with E-state index in [2.05, 4.69) is 9.97 Å². The molecule has 0 bridgehead atoms. The van der Waals surface area contributed by atoms with Crippen LogP contribution in [-0.4, -0.2) is 67.8 Å². The molecule has 4 rings (SSSR count). The largest absolute Gasteiger partial charge is 0.493 e. The summed E-state index contributed by atoms with van der Waals surface area (Å²) in [6.07, 6.45) is 3.40. The fourth-order valence-corrected chi connectivity index (χ4v) is 3.91. The number of carbonyl (C=O) groups is 1. The lowest BCUT2D eigenvalue weighted by Gasteiger charge is -2.34. The van der Waals surface area contributed by atoms with Crippen molar-refractivity contribution in [3.05, 3.63) is 48.0 Å². The molecule has 2 N–H and O–H groups in total. The number of para-hydroxylation sites is 1. The first-order chi connectivity index (χ1) is 16.5.